The maximum atomic E-state index is 12.9. The standard InChI is InChI=1S/C27H31N5O3S/c1-34-23-12-3-2-9-20(23)29-24(33)13-16-32-26(25(30-27(32)36)21-10-4-5-14-28-21)22-11-6-15-31(22)18-19-8-7-17-35-19/h2-6,9-12,14-15,19,25-26H,7-8,13,16-18H2,1H3,(H,29,33)(H,30,36)/t19-,25-,26-/m0/s1. The summed E-state index contributed by atoms with van der Waals surface area (Å²) < 4.78 is 13.5. The van der Waals surface area contributed by atoms with Crippen LogP contribution in [0.1, 0.15) is 42.7 Å². The second-order valence-corrected chi connectivity index (χ2v) is 9.43. The van der Waals surface area contributed by atoms with E-state index in [1.165, 1.54) is 0 Å². The number of hydrogen-bond acceptors (Lipinski definition) is 5. The molecule has 0 saturated carbocycles. The number of pyridine rings is 1. The molecule has 4 heterocycles. The van der Waals surface area contributed by atoms with Crippen molar-refractivity contribution >= 4 is 28.9 Å². The van der Waals surface area contributed by atoms with Gasteiger partial charge in [-0.1, -0.05) is 18.2 Å². The first-order valence-corrected chi connectivity index (χ1v) is 12.7. The van der Waals surface area contributed by atoms with Crippen molar-refractivity contribution in [2.45, 2.75) is 44.0 Å². The average molecular weight is 506 g/mol. The van der Waals surface area contributed by atoms with E-state index in [2.05, 4.69) is 43.4 Å². The number of carbonyl (C=O) groups is 1. The summed E-state index contributed by atoms with van der Waals surface area (Å²) in [6, 6.07) is 17.3. The van der Waals surface area contributed by atoms with E-state index in [4.69, 9.17) is 21.7 Å². The molecular formula is C27H31N5O3S. The minimum atomic E-state index is -0.130. The zero-order chi connectivity index (χ0) is 24.9. The van der Waals surface area contributed by atoms with Gasteiger partial charge >= 0.3 is 0 Å². The molecule has 0 spiro atoms. The van der Waals surface area contributed by atoms with Gasteiger partial charge in [0.2, 0.25) is 5.91 Å². The van der Waals surface area contributed by atoms with Crippen molar-refractivity contribution in [3.8, 4) is 5.75 Å². The van der Waals surface area contributed by atoms with Gasteiger partial charge in [0.1, 0.15) is 5.75 Å². The zero-order valence-electron chi connectivity index (χ0n) is 20.3. The Morgan fingerprint density at radius 3 is 2.86 bits per heavy atom. The van der Waals surface area contributed by atoms with Crippen LogP contribution < -0.4 is 15.4 Å². The molecule has 1 amide bonds. The molecule has 3 aromatic rings. The minimum Gasteiger partial charge on any atom is -0.495 e. The van der Waals surface area contributed by atoms with Crippen LogP contribution in [-0.2, 0) is 16.1 Å². The quantitative estimate of drug-likeness (QED) is 0.424. The topological polar surface area (TPSA) is 80.7 Å². The highest BCUT2D eigenvalue weighted by Crippen LogP contribution is 2.39. The lowest BCUT2D eigenvalue weighted by Crippen LogP contribution is -2.33. The van der Waals surface area contributed by atoms with Crippen LogP contribution in [0.2, 0.25) is 0 Å². The predicted octanol–water partition coefficient (Wildman–Crippen LogP) is 4.07. The summed E-state index contributed by atoms with van der Waals surface area (Å²) in [5.41, 5.74) is 2.69. The highest BCUT2D eigenvalue weighted by Gasteiger charge is 2.41. The summed E-state index contributed by atoms with van der Waals surface area (Å²) >= 11 is 5.78. The van der Waals surface area contributed by atoms with Crippen LogP contribution in [0, 0.1) is 0 Å². The van der Waals surface area contributed by atoms with Crippen molar-refractivity contribution < 1.29 is 14.3 Å². The largest absolute Gasteiger partial charge is 0.495 e. The number of methoxy groups -OCH3 is 1. The molecule has 8 nitrogen and oxygen atoms in total. The summed E-state index contributed by atoms with van der Waals surface area (Å²) in [7, 11) is 1.59. The summed E-state index contributed by atoms with van der Waals surface area (Å²) in [5, 5.41) is 7.05. The third-order valence-corrected chi connectivity index (χ3v) is 7.10. The summed E-state index contributed by atoms with van der Waals surface area (Å²) in [5.74, 6) is 0.529. The van der Waals surface area contributed by atoms with Gasteiger partial charge in [-0.25, -0.2) is 0 Å². The molecule has 2 aromatic heterocycles. The third-order valence-electron chi connectivity index (χ3n) is 6.75. The second kappa shape index (κ2) is 11.1. The van der Waals surface area contributed by atoms with Gasteiger partial charge in [0.25, 0.3) is 0 Å². The Labute approximate surface area is 216 Å². The van der Waals surface area contributed by atoms with Crippen LogP contribution in [0.15, 0.2) is 67.0 Å². The van der Waals surface area contributed by atoms with Gasteiger partial charge in [0.15, 0.2) is 5.11 Å². The Hall–Kier alpha value is -3.43. The molecule has 2 N–H and O–H groups in total. The lowest BCUT2D eigenvalue weighted by atomic mass is 10.0. The molecule has 5 rings (SSSR count). The smallest absolute Gasteiger partial charge is 0.226 e. The van der Waals surface area contributed by atoms with E-state index in [1.807, 2.05) is 42.5 Å². The van der Waals surface area contributed by atoms with E-state index in [9.17, 15) is 4.79 Å². The van der Waals surface area contributed by atoms with E-state index in [0.29, 0.717) is 23.1 Å². The molecule has 3 atom stereocenters. The van der Waals surface area contributed by atoms with Gasteiger partial charge in [-0.15, -0.1) is 0 Å². The highest BCUT2D eigenvalue weighted by atomic mass is 32.1. The number of rotatable bonds is 9. The number of nitrogens with one attached hydrogen (secondary N) is 2. The number of hydrogen-bond donors (Lipinski definition) is 2. The number of benzene rings is 1. The van der Waals surface area contributed by atoms with Crippen molar-refractivity contribution in [1.82, 2.24) is 19.8 Å². The minimum absolute atomic E-state index is 0.0999. The van der Waals surface area contributed by atoms with E-state index in [-0.39, 0.29) is 30.5 Å². The van der Waals surface area contributed by atoms with Gasteiger partial charge in [-0.05, 0) is 61.5 Å². The fourth-order valence-electron chi connectivity index (χ4n) is 5.02. The van der Waals surface area contributed by atoms with Crippen molar-refractivity contribution in [2.24, 2.45) is 0 Å². The van der Waals surface area contributed by atoms with Gasteiger partial charge in [0.05, 0.1) is 36.7 Å². The SMILES string of the molecule is COc1ccccc1NC(=O)CCN1C(=S)N[C@@H](c2ccccn2)[C@@H]1c1cccn1C[C@@H]1CCCO1. The van der Waals surface area contributed by atoms with E-state index >= 15 is 0 Å². The van der Waals surface area contributed by atoms with Crippen LogP contribution in [0.25, 0.3) is 0 Å². The number of carbonyl (C=O) groups excluding carboxylic acids is 1. The first kappa shape index (κ1) is 24.3. The highest BCUT2D eigenvalue weighted by molar-refractivity contribution is 7.80. The molecule has 36 heavy (non-hydrogen) atoms. The van der Waals surface area contributed by atoms with Crippen LogP contribution in [-0.4, -0.2) is 51.8 Å². The lowest BCUT2D eigenvalue weighted by molar-refractivity contribution is -0.116. The molecule has 0 unspecified atom stereocenters. The first-order valence-electron chi connectivity index (χ1n) is 12.3. The Kier molecular flexibility index (Phi) is 7.48. The molecule has 2 fully saturated rings. The number of ether oxygens (including phenoxy) is 2. The maximum Gasteiger partial charge on any atom is 0.226 e. The lowest BCUT2D eigenvalue weighted by Gasteiger charge is -2.29. The molecule has 9 heteroatoms. The average Bonchev–Trinajstić information content (AvgIpc) is 3.65. The molecule has 0 radical (unpaired) electrons. The van der Waals surface area contributed by atoms with Crippen LogP contribution in [0.4, 0.5) is 5.69 Å². The van der Waals surface area contributed by atoms with Crippen molar-refractivity contribution in [3.63, 3.8) is 0 Å². The Bertz CT molecular complexity index is 1190. The molecule has 0 aliphatic carbocycles. The number of thiocarbonyl (C=S) groups is 1. The molecule has 2 aliphatic rings. The Morgan fingerprint density at radius 2 is 2.08 bits per heavy atom. The van der Waals surface area contributed by atoms with E-state index in [1.54, 1.807) is 13.3 Å². The Morgan fingerprint density at radius 1 is 1.22 bits per heavy atom. The van der Waals surface area contributed by atoms with Crippen molar-refractivity contribution in [2.75, 3.05) is 25.6 Å². The summed E-state index contributed by atoms with van der Waals surface area (Å²) in [6.45, 7) is 2.08. The molecule has 188 valence electrons. The molecule has 2 saturated heterocycles. The van der Waals surface area contributed by atoms with Gasteiger partial charge in [-0.3, -0.25) is 9.78 Å². The molecular weight excluding hydrogens is 474 g/mol. The van der Waals surface area contributed by atoms with Crippen molar-refractivity contribution in [3.05, 3.63) is 78.4 Å². The third kappa shape index (κ3) is 5.22. The molecule has 0 bridgehead atoms. The van der Waals surface area contributed by atoms with Crippen LogP contribution in [0.3, 0.4) is 0 Å². The molecule has 2 aliphatic heterocycles. The number of anilines is 1. The zero-order valence-corrected chi connectivity index (χ0v) is 21.1. The van der Waals surface area contributed by atoms with Gasteiger partial charge in [0, 0.05) is 44.2 Å². The number of amides is 1. The Balaban J connectivity index is 1.37. The maximum absolute atomic E-state index is 12.9. The molecule has 1 aromatic carbocycles. The predicted molar refractivity (Wildman–Crippen MR) is 142 cm³/mol. The van der Waals surface area contributed by atoms with Crippen LogP contribution in [0.5, 0.6) is 5.75 Å². The van der Waals surface area contributed by atoms with Gasteiger partial charge in [-0.2, -0.15) is 0 Å². The number of aromatic nitrogens is 2. The van der Waals surface area contributed by atoms with Gasteiger partial charge < -0.3 is 29.6 Å². The van der Waals surface area contributed by atoms with Crippen LogP contribution >= 0.6 is 12.2 Å². The number of nitrogens with zero attached hydrogens (tertiary/aromatic N) is 3. The van der Waals surface area contributed by atoms with Crippen molar-refractivity contribution in [1.29, 1.82) is 0 Å². The van der Waals surface area contributed by atoms with E-state index in [0.717, 1.165) is 37.4 Å². The second-order valence-electron chi connectivity index (χ2n) is 9.04. The fraction of sp³-hybridized carbons (Fsp3) is 0.370. The summed E-state index contributed by atoms with van der Waals surface area (Å²) in [4.78, 5) is 19.6. The monoisotopic (exact) mass is 505 g/mol. The first-order chi connectivity index (χ1) is 17.6. The number of para-hydroxylation sites is 2. The fourth-order valence-corrected chi connectivity index (χ4v) is 5.35. The van der Waals surface area contributed by atoms with E-state index < -0.39 is 0 Å². The normalized spacial score (nSPS) is 21.4. The summed E-state index contributed by atoms with van der Waals surface area (Å²) in [6.07, 6.45) is 6.55.